The number of rotatable bonds is 8. The lowest BCUT2D eigenvalue weighted by Gasteiger charge is -2.66. The van der Waals surface area contributed by atoms with Gasteiger partial charge in [-0.3, -0.25) is 4.79 Å². The molecular weight excluding hydrogens is 473 g/mol. The second kappa shape index (κ2) is 7.68. The summed E-state index contributed by atoms with van der Waals surface area (Å²) < 4.78 is 51.7. The van der Waals surface area contributed by atoms with Crippen molar-refractivity contribution in [3.05, 3.63) is 30.0 Å². The number of ether oxygens (including phenoxy) is 1. The van der Waals surface area contributed by atoms with E-state index in [4.69, 9.17) is 9.26 Å². The maximum atomic E-state index is 14.1. The highest BCUT2D eigenvalue weighted by Crippen LogP contribution is 2.71. The Morgan fingerprint density at radius 2 is 1.81 bits per heavy atom. The standard InChI is InChI=1S/C26H31F3N4O3/c1-22(27,28)21-31-20(32-36-21)25-7-4-23(5-8-25,6-9-25)16-33(17-3-10-30-18(11-17)35-2)19(34)12-24-13-26(29,14-24)15-24/h3,10-11H,4-9,12-16H2,1-2H3. The highest BCUT2D eigenvalue weighted by atomic mass is 19.3. The van der Waals surface area contributed by atoms with Crippen molar-refractivity contribution in [1.29, 1.82) is 0 Å². The third-order valence-electron chi connectivity index (χ3n) is 9.31. The number of halogens is 3. The molecule has 6 fully saturated rings. The summed E-state index contributed by atoms with van der Waals surface area (Å²) in [5, 5.41) is 3.94. The molecule has 0 saturated heterocycles. The molecule has 2 aromatic heterocycles. The summed E-state index contributed by atoms with van der Waals surface area (Å²) in [5.74, 6) is -2.98. The second-order valence-electron chi connectivity index (χ2n) is 12.0. The summed E-state index contributed by atoms with van der Waals surface area (Å²) in [4.78, 5) is 23.8. The van der Waals surface area contributed by atoms with Gasteiger partial charge in [0.25, 0.3) is 5.89 Å². The summed E-state index contributed by atoms with van der Waals surface area (Å²) in [6.07, 6.45) is 8.22. The van der Waals surface area contributed by atoms with E-state index < -0.39 is 17.5 Å². The molecule has 4 bridgehead atoms. The lowest BCUT2D eigenvalue weighted by atomic mass is 9.41. The van der Waals surface area contributed by atoms with Gasteiger partial charge in [0.15, 0.2) is 5.82 Å². The van der Waals surface area contributed by atoms with Gasteiger partial charge in [0.1, 0.15) is 5.67 Å². The highest BCUT2D eigenvalue weighted by molar-refractivity contribution is 5.94. The molecule has 2 aromatic rings. The number of fused-ring (bicyclic) bond motifs is 3. The Balaban J connectivity index is 1.21. The number of pyridine rings is 1. The highest BCUT2D eigenvalue weighted by Gasteiger charge is 2.69. The van der Waals surface area contributed by atoms with Crippen LogP contribution in [-0.4, -0.2) is 40.4 Å². The Morgan fingerprint density at radius 1 is 1.14 bits per heavy atom. The molecule has 0 aliphatic heterocycles. The van der Waals surface area contributed by atoms with Crippen LogP contribution in [0.15, 0.2) is 22.9 Å². The van der Waals surface area contributed by atoms with E-state index in [-0.39, 0.29) is 22.2 Å². The van der Waals surface area contributed by atoms with Crippen molar-refractivity contribution in [2.45, 2.75) is 88.1 Å². The monoisotopic (exact) mass is 504 g/mol. The van der Waals surface area contributed by atoms with Crippen LogP contribution in [0, 0.1) is 10.8 Å². The van der Waals surface area contributed by atoms with Crippen LogP contribution in [0.1, 0.15) is 82.8 Å². The predicted octanol–water partition coefficient (Wildman–Crippen LogP) is 5.49. The number of nitrogens with zero attached hydrogens (tertiary/aromatic N) is 4. The smallest absolute Gasteiger partial charge is 0.322 e. The fraction of sp³-hybridized carbons (Fsp3) is 0.692. The molecule has 6 aliphatic rings. The third-order valence-corrected chi connectivity index (χ3v) is 9.31. The van der Waals surface area contributed by atoms with E-state index in [1.165, 1.54) is 0 Å². The van der Waals surface area contributed by atoms with Gasteiger partial charge in [-0.1, -0.05) is 5.16 Å². The molecular formula is C26H31F3N4O3. The van der Waals surface area contributed by atoms with E-state index in [1.807, 2.05) is 11.0 Å². The van der Waals surface area contributed by atoms with Crippen molar-refractivity contribution in [1.82, 2.24) is 15.1 Å². The van der Waals surface area contributed by atoms with Gasteiger partial charge in [-0.2, -0.15) is 13.8 Å². The minimum absolute atomic E-state index is 0.00905. The van der Waals surface area contributed by atoms with Crippen LogP contribution < -0.4 is 9.64 Å². The summed E-state index contributed by atoms with van der Waals surface area (Å²) in [6.45, 7) is 1.31. The number of hydrogen-bond acceptors (Lipinski definition) is 6. The normalized spacial score (nSPS) is 34.6. The van der Waals surface area contributed by atoms with E-state index in [9.17, 15) is 18.0 Å². The molecule has 6 aliphatic carbocycles. The number of carbonyl (C=O) groups is 1. The van der Waals surface area contributed by atoms with Crippen molar-refractivity contribution < 1.29 is 27.2 Å². The zero-order chi connectivity index (χ0) is 25.4. The van der Waals surface area contributed by atoms with Gasteiger partial charge in [-0.25, -0.2) is 9.37 Å². The first-order valence-corrected chi connectivity index (χ1v) is 12.7. The van der Waals surface area contributed by atoms with Crippen LogP contribution in [0.3, 0.4) is 0 Å². The number of aromatic nitrogens is 3. The van der Waals surface area contributed by atoms with Crippen molar-refractivity contribution in [3.63, 3.8) is 0 Å². The van der Waals surface area contributed by atoms with Gasteiger partial charge >= 0.3 is 5.92 Å². The quantitative estimate of drug-likeness (QED) is 0.473. The first-order chi connectivity index (χ1) is 17.0. The number of methoxy groups -OCH3 is 1. The van der Waals surface area contributed by atoms with Crippen molar-refractivity contribution in [2.24, 2.45) is 10.8 Å². The molecule has 7 nitrogen and oxygen atoms in total. The first-order valence-electron chi connectivity index (χ1n) is 12.7. The van der Waals surface area contributed by atoms with Crippen molar-refractivity contribution in [3.8, 4) is 5.88 Å². The van der Waals surface area contributed by atoms with Gasteiger partial charge in [-0.05, 0) is 74.7 Å². The predicted molar refractivity (Wildman–Crippen MR) is 124 cm³/mol. The lowest BCUT2D eigenvalue weighted by molar-refractivity contribution is -0.215. The summed E-state index contributed by atoms with van der Waals surface area (Å²) in [6, 6.07) is 3.59. The van der Waals surface area contributed by atoms with Gasteiger partial charge in [0.2, 0.25) is 11.8 Å². The maximum absolute atomic E-state index is 14.1. The van der Waals surface area contributed by atoms with E-state index in [0.29, 0.717) is 43.9 Å². The van der Waals surface area contributed by atoms with Crippen molar-refractivity contribution >= 4 is 11.6 Å². The van der Waals surface area contributed by atoms with E-state index in [2.05, 4.69) is 15.1 Å². The zero-order valence-electron chi connectivity index (χ0n) is 20.7. The fourth-order valence-electron chi connectivity index (χ4n) is 7.26. The Morgan fingerprint density at radius 3 is 2.36 bits per heavy atom. The van der Waals surface area contributed by atoms with E-state index in [0.717, 1.165) is 51.1 Å². The van der Waals surface area contributed by atoms with E-state index >= 15 is 0 Å². The Kier molecular flexibility index (Phi) is 5.06. The average molecular weight is 505 g/mol. The van der Waals surface area contributed by atoms with Crippen LogP contribution in [0.2, 0.25) is 0 Å². The van der Waals surface area contributed by atoms with Gasteiger partial charge in [-0.15, -0.1) is 0 Å². The lowest BCUT2D eigenvalue weighted by Crippen LogP contribution is -2.65. The minimum Gasteiger partial charge on any atom is -0.481 e. The van der Waals surface area contributed by atoms with Crippen LogP contribution in [0.5, 0.6) is 5.88 Å². The van der Waals surface area contributed by atoms with Gasteiger partial charge in [0, 0.05) is 37.6 Å². The first kappa shape index (κ1) is 23.7. The Bertz CT molecular complexity index is 1150. The second-order valence-corrected chi connectivity index (χ2v) is 12.0. The fourth-order valence-corrected chi connectivity index (χ4v) is 7.26. The van der Waals surface area contributed by atoms with Crippen LogP contribution in [0.4, 0.5) is 18.9 Å². The molecule has 1 amide bonds. The SMILES string of the molecule is COc1cc(N(CC23CCC(c4noc(C(C)(F)F)n4)(CC2)CC3)C(=O)CC23CC(F)(C2)C3)ccn1. The molecule has 2 heterocycles. The molecule has 0 unspecified atom stereocenters. The molecule has 10 heteroatoms. The Labute approximate surface area is 207 Å². The summed E-state index contributed by atoms with van der Waals surface area (Å²) in [5.41, 5.74) is -0.944. The molecule has 0 radical (unpaired) electrons. The Hall–Kier alpha value is -2.65. The molecule has 8 rings (SSSR count). The summed E-state index contributed by atoms with van der Waals surface area (Å²) >= 11 is 0. The van der Waals surface area contributed by atoms with Crippen molar-refractivity contribution in [2.75, 3.05) is 18.6 Å². The zero-order valence-corrected chi connectivity index (χ0v) is 20.7. The molecule has 0 aromatic carbocycles. The van der Waals surface area contributed by atoms with Crippen LogP contribution in [0.25, 0.3) is 0 Å². The number of alkyl halides is 3. The largest absolute Gasteiger partial charge is 0.481 e. The summed E-state index contributed by atoms with van der Waals surface area (Å²) in [7, 11) is 1.54. The molecule has 6 saturated carbocycles. The molecule has 194 valence electrons. The van der Waals surface area contributed by atoms with Gasteiger partial charge in [0.05, 0.1) is 12.8 Å². The van der Waals surface area contributed by atoms with Crippen LogP contribution in [-0.2, 0) is 16.1 Å². The van der Waals surface area contributed by atoms with Gasteiger partial charge < -0.3 is 14.2 Å². The van der Waals surface area contributed by atoms with Crippen LogP contribution >= 0.6 is 0 Å². The third kappa shape index (κ3) is 3.78. The average Bonchev–Trinajstić information content (AvgIpc) is 3.34. The molecule has 0 spiro atoms. The minimum atomic E-state index is -3.16. The number of carbonyl (C=O) groups excluding carboxylic acids is 1. The number of anilines is 1. The number of hydrogen-bond donors (Lipinski definition) is 0. The number of amides is 1. The molecule has 0 atom stereocenters. The van der Waals surface area contributed by atoms with E-state index in [1.54, 1.807) is 19.4 Å². The molecule has 0 N–H and O–H groups in total. The topological polar surface area (TPSA) is 81.4 Å². The molecule has 36 heavy (non-hydrogen) atoms. The maximum Gasteiger partial charge on any atom is 0.322 e.